The molecule has 1 aliphatic rings. The van der Waals surface area contributed by atoms with Gasteiger partial charge in [0, 0.05) is 41.2 Å². The number of anilines is 1. The normalized spacial score (nSPS) is 13.1. The van der Waals surface area contributed by atoms with Crippen molar-refractivity contribution in [2.75, 3.05) is 11.4 Å². The second kappa shape index (κ2) is 6.21. The molecule has 0 spiro atoms. The lowest BCUT2D eigenvalue weighted by atomic mass is 10.0. The number of nitro benzene ring substituents is 1. The minimum absolute atomic E-state index is 0.0419. The molecule has 0 aliphatic carbocycles. The molecule has 27 heavy (non-hydrogen) atoms. The van der Waals surface area contributed by atoms with Crippen LogP contribution in [-0.4, -0.2) is 23.6 Å². The molecule has 4 rings (SSSR count). The van der Waals surface area contributed by atoms with Gasteiger partial charge in [0.2, 0.25) is 0 Å². The summed E-state index contributed by atoms with van der Waals surface area (Å²) in [6.07, 6.45) is 1.33. The predicted octanol–water partition coefficient (Wildman–Crippen LogP) is 3.55. The van der Waals surface area contributed by atoms with Crippen LogP contribution in [-0.2, 0) is 0 Å². The SMILES string of the molecule is CCN1C(=O)c2cccc3c(N=Cc4cc([N+](=O)[O-])ccc4[O-])ccc1c23. The third kappa shape index (κ3) is 2.60. The second-order valence-corrected chi connectivity index (χ2v) is 6.12. The van der Waals surface area contributed by atoms with E-state index in [-0.39, 0.29) is 22.9 Å². The number of amides is 1. The lowest BCUT2D eigenvalue weighted by molar-refractivity contribution is -0.385. The number of carbonyl (C=O) groups excluding carboxylic acids is 1. The molecule has 0 atom stereocenters. The minimum atomic E-state index is -0.555. The van der Waals surface area contributed by atoms with Crippen molar-refractivity contribution in [2.24, 2.45) is 4.99 Å². The average Bonchev–Trinajstić information content (AvgIpc) is 2.95. The molecule has 134 valence electrons. The maximum absolute atomic E-state index is 12.5. The van der Waals surface area contributed by atoms with E-state index in [1.165, 1.54) is 18.3 Å². The third-order valence-electron chi connectivity index (χ3n) is 4.63. The number of hydrogen-bond acceptors (Lipinski definition) is 5. The van der Waals surface area contributed by atoms with Gasteiger partial charge in [-0.2, -0.15) is 0 Å². The first-order valence-electron chi connectivity index (χ1n) is 8.38. The summed E-state index contributed by atoms with van der Waals surface area (Å²) in [7, 11) is 0. The Morgan fingerprint density at radius 2 is 2.00 bits per heavy atom. The quantitative estimate of drug-likeness (QED) is 0.403. The van der Waals surface area contributed by atoms with Crippen LogP contribution in [0, 0.1) is 10.1 Å². The first-order chi connectivity index (χ1) is 13.0. The molecule has 3 aromatic rings. The molecule has 0 saturated heterocycles. The predicted molar refractivity (Wildman–Crippen MR) is 101 cm³/mol. The summed E-state index contributed by atoms with van der Waals surface area (Å²) >= 11 is 0. The molecule has 0 bridgehead atoms. The zero-order valence-corrected chi connectivity index (χ0v) is 14.4. The number of aliphatic imine (C=N–C) groups is 1. The van der Waals surface area contributed by atoms with E-state index in [9.17, 15) is 20.0 Å². The Morgan fingerprint density at radius 1 is 1.19 bits per heavy atom. The van der Waals surface area contributed by atoms with Crippen molar-refractivity contribution in [3.05, 3.63) is 69.8 Å². The highest BCUT2D eigenvalue weighted by atomic mass is 16.6. The highest BCUT2D eigenvalue weighted by Gasteiger charge is 2.29. The van der Waals surface area contributed by atoms with Crippen LogP contribution in [0.15, 0.2) is 53.5 Å². The van der Waals surface area contributed by atoms with Crippen LogP contribution in [0.4, 0.5) is 17.1 Å². The molecule has 0 radical (unpaired) electrons. The van der Waals surface area contributed by atoms with Gasteiger partial charge in [0.1, 0.15) is 0 Å². The molecule has 0 N–H and O–H groups in total. The molecule has 0 saturated carbocycles. The van der Waals surface area contributed by atoms with Crippen LogP contribution < -0.4 is 10.0 Å². The van der Waals surface area contributed by atoms with Crippen molar-refractivity contribution in [2.45, 2.75) is 6.92 Å². The van der Waals surface area contributed by atoms with Gasteiger partial charge in [-0.05, 0) is 30.7 Å². The zero-order chi connectivity index (χ0) is 19.1. The van der Waals surface area contributed by atoms with Crippen LogP contribution in [0.5, 0.6) is 5.75 Å². The molecule has 7 nitrogen and oxygen atoms in total. The molecule has 7 heteroatoms. The fraction of sp³-hybridized carbons (Fsp3) is 0.100. The summed E-state index contributed by atoms with van der Waals surface area (Å²) in [5.74, 6) is -0.387. The number of nitrogens with zero attached hydrogens (tertiary/aromatic N) is 3. The van der Waals surface area contributed by atoms with Crippen LogP contribution in [0.3, 0.4) is 0 Å². The van der Waals surface area contributed by atoms with Crippen molar-refractivity contribution in [3.8, 4) is 5.75 Å². The summed E-state index contributed by atoms with van der Waals surface area (Å²) in [6, 6.07) is 12.6. The molecular weight excluding hydrogens is 346 g/mol. The third-order valence-corrected chi connectivity index (χ3v) is 4.63. The molecule has 0 unspecified atom stereocenters. The standard InChI is InChI=1S/C20H15N3O4/c1-2-22-17-8-7-16(14-4-3-5-15(19(14)17)20(22)25)21-11-12-10-13(23(26)27)6-9-18(12)24/h3-11,24H,2H2,1H3/p-1. The van der Waals surface area contributed by atoms with E-state index in [2.05, 4.69) is 4.99 Å². The molecule has 1 amide bonds. The Labute approximate surface area is 154 Å². The molecular formula is C20H14N3O4-. The van der Waals surface area contributed by atoms with Crippen molar-refractivity contribution in [1.29, 1.82) is 0 Å². The monoisotopic (exact) mass is 360 g/mol. The molecule has 3 aromatic carbocycles. The summed E-state index contributed by atoms with van der Waals surface area (Å²) in [5, 5.41) is 24.5. The van der Waals surface area contributed by atoms with E-state index in [1.807, 2.05) is 19.1 Å². The van der Waals surface area contributed by atoms with E-state index in [0.717, 1.165) is 22.5 Å². The van der Waals surface area contributed by atoms with E-state index < -0.39 is 4.92 Å². The Morgan fingerprint density at radius 3 is 2.74 bits per heavy atom. The van der Waals surface area contributed by atoms with Gasteiger partial charge < -0.3 is 10.0 Å². The number of benzene rings is 3. The van der Waals surface area contributed by atoms with Crippen molar-refractivity contribution in [1.82, 2.24) is 0 Å². The molecule has 0 aromatic heterocycles. The van der Waals surface area contributed by atoms with Gasteiger partial charge in [0.15, 0.2) is 0 Å². The lowest BCUT2D eigenvalue weighted by Gasteiger charge is -2.14. The van der Waals surface area contributed by atoms with Gasteiger partial charge in [-0.1, -0.05) is 23.9 Å². The number of carbonyl (C=O) groups is 1. The topological polar surface area (TPSA) is 98.9 Å². The number of non-ortho nitro benzene ring substituents is 1. The highest BCUT2D eigenvalue weighted by molar-refractivity contribution is 6.26. The van der Waals surface area contributed by atoms with Crippen molar-refractivity contribution >= 4 is 40.0 Å². The number of hydrogen-bond donors (Lipinski definition) is 0. The largest absolute Gasteiger partial charge is 0.872 e. The van der Waals surface area contributed by atoms with Crippen molar-refractivity contribution in [3.63, 3.8) is 0 Å². The van der Waals surface area contributed by atoms with E-state index >= 15 is 0 Å². The van der Waals surface area contributed by atoms with Gasteiger partial charge >= 0.3 is 0 Å². The van der Waals surface area contributed by atoms with Crippen LogP contribution in [0.2, 0.25) is 0 Å². The fourth-order valence-corrected chi connectivity index (χ4v) is 3.35. The van der Waals surface area contributed by atoms with Crippen LogP contribution >= 0.6 is 0 Å². The van der Waals surface area contributed by atoms with Gasteiger partial charge in [-0.15, -0.1) is 0 Å². The van der Waals surface area contributed by atoms with E-state index in [0.29, 0.717) is 17.8 Å². The van der Waals surface area contributed by atoms with Gasteiger partial charge in [0.05, 0.1) is 16.3 Å². The minimum Gasteiger partial charge on any atom is -0.872 e. The Kier molecular flexibility index (Phi) is 3.84. The lowest BCUT2D eigenvalue weighted by Crippen LogP contribution is -2.25. The average molecular weight is 360 g/mol. The van der Waals surface area contributed by atoms with Gasteiger partial charge in [-0.3, -0.25) is 19.9 Å². The number of nitro groups is 1. The van der Waals surface area contributed by atoms with E-state index in [1.54, 1.807) is 23.1 Å². The Balaban J connectivity index is 1.82. The van der Waals surface area contributed by atoms with Crippen LogP contribution in [0.1, 0.15) is 22.8 Å². The molecule has 1 aliphatic heterocycles. The zero-order valence-electron chi connectivity index (χ0n) is 14.4. The van der Waals surface area contributed by atoms with Gasteiger partial charge in [-0.25, -0.2) is 0 Å². The molecule has 0 fully saturated rings. The highest BCUT2D eigenvalue weighted by Crippen LogP contribution is 2.41. The fourth-order valence-electron chi connectivity index (χ4n) is 3.35. The first-order valence-corrected chi connectivity index (χ1v) is 8.38. The maximum atomic E-state index is 12.5. The summed E-state index contributed by atoms with van der Waals surface area (Å²) in [4.78, 5) is 29.0. The Bertz CT molecular complexity index is 1140. The smallest absolute Gasteiger partial charge is 0.270 e. The Hall–Kier alpha value is -3.74. The summed E-state index contributed by atoms with van der Waals surface area (Å²) < 4.78 is 0. The van der Waals surface area contributed by atoms with Crippen molar-refractivity contribution < 1.29 is 14.8 Å². The number of rotatable bonds is 4. The first kappa shape index (κ1) is 16.7. The second-order valence-electron chi connectivity index (χ2n) is 6.12. The maximum Gasteiger partial charge on any atom is 0.270 e. The summed E-state index contributed by atoms with van der Waals surface area (Å²) in [6.45, 7) is 2.48. The van der Waals surface area contributed by atoms with E-state index in [4.69, 9.17) is 0 Å². The van der Waals surface area contributed by atoms with Gasteiger partial charge in [0.25, 0.3) is 11.6 Å². The van der Waals surface area contributed by atoms with Crippen LogP contribution in [0.25, 0.3) is 10.8 Å². The molecule has 1 heterocycles. The summed E-state index contributed by atoms with van der Waals surface area (Å²) in [5.41, 5.74) is 2.03.